The van der Waals surface area contributed by atoms with Crippen LogP contribution >= 0.6 is 11.3 Å². The fourth-order valence-electron chi connectivity index (χ4n) is 3.04. The summed E-state index contributed by atoms with van der Waals surface area (Å²) in [6.45, 7) is 10.8. The number of piperidine rings is 1. The Kier molecular flexibility index (Phi) is 7.99. The van der Waals surface area contributed by atoms with Gasteiger partial charge in [-0.05, 0) is 32.7 Å². The van der Waals surface area contributed by atoms with Crippen molar-refractivity contribution < 1.29 is 0 Å². The van der Waals surface area contributed by atoms with Crippen molar-refractivity contribution in [3.05, 3.63) is 16.1 Å². The van der Waals surface area contributed by atoms with E-state index in [-0.39, 0.29) is 0 Å². The molecule has 0 aromatic carbocycles. The molecule has 1 aromatic rings. The van der Waals surface area contributed by atoms with E-state index >= 15 is 0 Å². The van der Waals surface area contributed by atoms with E-state index in [0.717, 1.165) is 37.2 Å². The third kappa shape index (κ3) is 6.06. The van der Waals surface area contributed by atoms with Crippen molar-refractivity contribution in [2.24, 2.45) is 4.99 Å². The van der Waals surface area contributed by atoms with Gasteiger partial charge >= 0.3 is 0 Å². The van der Waals surface area contributed by atoms with Crippen molar-refractivity contribution >= 4 is 17.3 Å². The summed E-state index contributed by atoms with van der Waals surface area (Å²) in [6.07, 6.45) is 5.25. The maximum absolute atomic E-state index is 4.65. The van der Waals surface area contributed by atoms with Gasteiger partial charge in [-0.25, -0.2) is 4.98 Å². The van der Waals surface area contributed by atoms with E-state index in [1.54, 1.807) is 11.3 Å². The summed E-state index contributed by atoms with van der Waals surface area (Å²) in [5.74, 6) is 1.36. The van der Waals surface area contributed by atoms with E-state index in [9.17, 15) is 0 Å². The van der Waals surface area contributed by atoms with Gasteiger partial charge in [-0.2, -0.15) is 0 Å². The zero-order valence-electron chi connectivity index (χ0n) is 15.6. The fourth-order valence-corrected chi connectivity index (χ4v) is 3.88. The quantitative estimate of drug-likeness (QED) is 0.450. The highest BCUT2D eigenvalue weighted by atomic mass is 32.1. The lowest BCUT2D eigenvalue weighted by molar-refractivity contribution is 0.159. The van der Waals surface area contributed by atoms with Crippen LogP contribution in [0.25, 0.3) is 0 Å². The lowest BCUT2D eigenvalue weighted by atomic mass is 10.0. The molecule has 1 atom stereocenters. The second-order valence-corrected chi connectivity index (χ2v) is 7.81. The van der Waals surface area contributed by atoms with Crippen LogP contribution in [0.2, 0.25) is 0 Å². The molecular formula is C18H33N5S. The number of rotatable bonds is 7. The minimum Gasteiger partial charge on any atom is -0.356 e. The molecule has 2 N–H and O–H groups in total. The van der Waals surface area contributed by atoms with Crippen molar-refractivity contribution in [2.75, 3.05) is 26.7 Å². The Hall–Kier alpha value is -1.14. The lowest BCUT2D eigenvalue weighted by Gasteiger charge is -2.33. The fraction of sp³-hybridized carbons (Fsp3) is 0.778. The van der Waals surface area contributed by atoms with Crippen LogP contribution in [0.3, 0.4) is 0 Å². The Morgan fingerprint density at radius 1 is 1.42 bits per heavy atom. The van der Waals surface area contributed by atoms with E-state index < -0.39 is 0 Å². The molecule has 0 amide bonds. The Labute approximate surface area is 151 Å². The van der Waals surface area contributed by atoms with Gasteiger partial charge in [0.1, 0.15) is 0 Å². The van der Waals surface area contributed by atoms with Crippen LogP contribution in [0.15, 0.2) is 10.4 Å². The second-order valence-electron chi connectivity index (χ2n) is 6.92. The molecule has 2 heterocycles. The first-order valence-corrected chi connectivity index (χ1v) is 10.1. The number of nitrogens with zero attached hydrogens (tertiary/aromatic N) is 3. The molecule has 24 heavy (non-hydrogen) atoms. The molecule has 6 heteroatoms. The van der Waals surface area contributed by atoms with Crippen LogP contribution in [0.1, 0.15) is 63.1 Å². The van der Waals surface area contributed by atoms with E-state index in [1.165, 1.54) is 37.4 Å². The molecule has 136 valence electrons. The molecule has 1 unspecified atom stereocenters. The van der Waals surface area contributed by atoms with E-state index in [1.807, 2.05) is 7.05 Å². The van der Waals surface area contributed by atoms with Crippen LogP contribution in [0.4, 0.5) is 0 Å². The average Bonchev–Trinajstić information content (AvgIpc) is 3.05. The Balaban J connectivity index is 1.65. The average molecular weight is 352 g/mol. The number of nitrogens with one attached hydrogen (secondary N) is 2. The molecule has 1 saturated heterocycles. The van der Waals surface area contributed by atoms with Crippen molar-refractivity contribution in [3.63, 3.8) is 0 Å². The first kappa shape index (κ1) is 19.2. The van der Waals surface area contributed by atoms with Gasteiger partial charge in [-0.3, -0.25) is 4.99 Å². The number of hydrogen-bond acceptors (Lipinski definition) is 4. The molecule has 0 aliphatic carbocycles. The van der Waals surface area contributed by atoms with E-state index in [2.05, 4.69) is 51.7 Å². The topological polar surface area (TPSA) is 52.6 Å². The van der Waals surface area contributed by atoms with Crippen molar-refractivity contribution in [2.45, 2.75) is 65.0 Å². The second kappa shape index (κ2) is 9.99. The number of aromatic nitrogens is 1. The molecule has 1 aromatic heterocycles. The van der Waals surface area contributed by atoms with E-state index in [0.29, 0.717) is 5.92 Å². The molecule has 0 saturated carbocycles. The molecule has 0 bridgehead atoms. The first-order chi connectivity index (χ1) is 11.6. The number of aliphatic imine (C=N–C) groups is 1. The van der Waals surface area contributed by atoms with Crippen LogP contribution in [-0.2, 0) is 6.54 Å². The summed E-state index contributed by atoms with van der Waals surface area (Å²) in [5, 5.41) is 10.1. The molecule has 2 rings (SSSR count). The molecule has 0 radical (unpaired) electrons. The zero-order valence-corrected chi connectivity index (χ0v) is 16.5. The van der Waals surface area contributed by atoms with Gasteiger partial charge in [0.15, 0.2) is 5.96 Å². The number of likely N-dealkylation sites (tertiary alicyclic amines) is 1. The summed E-state index contributed by atoms with van der Waals surface area (Å²) in [6, 6.07) is 0.746. The standard InChI is InChI=1S/C18H33N5S/c1-14(2)17-22-16(13-24-17)12-21-18(19-4)20-9-7-11-23-10-6-5-8-15(23)3/h13-15H,5-12H2,1-4H3,(H2,19,20,21). The van der Waals surface area contributed by atoms with Gasteiger partial charge in [0.25, 0.3) is 0 Å². The van der Waals surface area contributed by atoms with Crippen molar-refractivity contribution in [3.8, 4) is 0 Å². The number of guanidine groups is 1. The Bertz CT molecular complexity index is 511. The summed E-state index contributed by atoms with van der Waals surface area (Å²) >= 11 is 1.74. The monoisotopic (exact) mass is 351 g/mol. The van der Waals surface area contributed by atoms with Gasteiger partial charge in [0, 0.05) is 37.5 Å². The first-order valence-electron chi connectivity index (χ1n) is 9.23. The van der Waals surface area contributed by atoms with Crippen LogP contribution in [0.5, 0.6) is 0 Å². The van der Waals surface area contributed by atoms with E-state index in [4.69, 9.17) is 0 Å². The van der Waals surface area contributed by atoms with Crippen LogP contribution in [0, 0.1) is 0 Å². The lowest BCUT2D eigenvalue weighted by Crippen LogP contribution is -2.41. The SMILES string of the molecule is CN=C(NCCCN1CCCCC1C)NCc1csc(C(C)C)n1. The zero-order chi connectivity index (χ0) is 17.4. The van der Waals surface area contributed by atoms with Gasteiger partial charge in [0.05, 0.1) is 17.2 Å². The molecule has 0 spiro atoms. The van der Waals surface area contributed by atoms with Crippen molar-refractivity contribution in [1.29, 1.82) is 0 Å². The maximum Gasteiger partial charge on any atom is 0.191 e. The van der Waals surface area contributed by atoms with Gasteiger partial charge in [0.2, 0.25) is 0 Å². The summed E-state index contributed by atoms with van der Waals surface area (Å²) in [7, 11) is 1.82. The minimum absolute atomic E-state index is 0.498. The van der Waals surface area contributed by atoms with Crippen LogP contribution in [-0.4, -0.2) is 48.6 Å². The van der Waals surface area contributed by atoms with Gasteiger partial charge in [-0.1, -0.05) is 20.3 Å². The predicted molar refractivity (Wildman–Crippen MR) is 104 cm³/mol. The van der Waals surface area contributed by atoms with Crippen LogP contribution < -0.4 is 10.6 Å². The third-order valence-electron chi connectivity index (χ3n) is 4.58. The highest BCUT2D eigenvalue weighted by Crippen LogP contribution is 2.19. The number of hydrogen-bond donors (Lipinski definition) is 2. The Morgan fingerprint density at radius 3 is 2.92 bits per heavy atom. The largest absolute Gasteiger partial charge is 0.356 e. The van der Waals surface area contributed by atoms with Gasteiger partial charge in [-0.15, -0.1) is 11.3 Å². The molecule has 5 nitrogen and oxygen atoms in total. The third-order valence-corrected chi connectivity index (χ3v) is 5.77. The number of thiazole rings is 1. The van der Waals surface area contributed by atoms with Crippen molar-refractivity contribution in [1.82, 2.24) is 20.5 Å². The molecule has 1 aliphatic rings. The smallest absolute Gasteiger partial charge is 0.191 e. The predicted octanol–water partition coefficient (Wildman–Crippen LogP) is 3.20. The highest BCUT2D eigenvalue weighted by molar-refractivity contribution is 7.09. The minimum atomic E-state index is 0.498. The van der Waals surface area contributed by atoms with Gasteiger partial charge < -0.3 is 15.5 Å². The normalized spacial score (nSPS) is 19.7. The maximum atomic E-state index is 4.65. The summed E-state index contributed by atoms with van der Waals surface area (Å²) in [4.78, 5) is 11.6. The summed E-state index contributed by atoms with van der Waals surface area (Å²) < 4.78 is 0. The molecular weight excluding hydrogens is 318 g/mol. The highest BCUT2D eigenvalue weighted by Gasteiger charge is 2.17. The summed E-state index contributed by atoms with van der Waals surface area (Å²) in [5.41, 5.74) is 1.09. The Morgan fingerprint density at radius 2 is 2.25 bits per heavy atom. The molecule has 1 aliphatic heterocycles. The molecule has 1 fully saturated rings.